The summed E-state index contributed by atoms with van der Waals surface area (Å²) in [6, 6.07) is 7.99. The molecule has 3 amide bonds. The summed E-state index contributed by atoms with van der Waals surface area (Å²) < 4.78 is 4.74. The molecule has 1 aromatic rings. The molecule has 0 radical (unpaired) electrons. The maximum Gasteiger partial charge on any atom is 0.409 e. The summed E-state index contributed by atoms with van der Waals surface area (Å²) >= 11 is 0. The van der Waals surface area contributed by atoms with E-state index in [1.165, 1.54) is 30.1 Å². The Morgan fingerprint density at radius 1 is 1.30 bits per heavy atom. The van der Waals surface area contributed by atoms with E-state index in [4.69, 9.17) is 4.74 Å². The molecule has 1 fully saturated rings. The van der Waals surface area contributed by atoms with Crippen molar-refractivity contribution in [2.24, 2.45) is 4.99 Å². The van der Waals surface area contributed by atoms with E-state index in [-0.39, 0.29) is 18.2 Å². The SMILES string of the molecule is C=CN(C=NCc1ccc(C)cc1)C(=O)N(C)C1CCN(C(=O)OC)CC1. The fraction of sp³-hybridized carbons (Fsp3) is 0.450. The lowest BCUT2D eigenvalue weighted by Gasteiger charge is -2.36. The maximum absolute atomic E-state index is 12.7. The summed E-state index contributed by atoms with van der Waals surface area (Å²) in [5.41, 5.74) is 2.28. The van der Waals surface area contributed by atoms with Crippen molar-refractivity contribution in [2.45, 2.75) is 32.4 Å². The van der Waals surface area contributed by atoms with Gasteiger partial charge in [-0.15, -0.1) is 0 Å². The van der Waals surface area contributed by atoms with Crippen LogP contribution in [0.15, 0.2) is 42.0 Å². The molecule has 1 saturated heterocycles. The Kier molecular flexibility index (Phi) is 7.40. The first kappa shape index (κ1) is 20.5. The first-order valence-corrected chi connectivity index (χ1v) is 9.02. The number of hydrogen-bond donors (Lipinski definition) is 0. The van der Waals surface area contributed by atoms with Gasteiger partial charge < -0.3 is 14.5 Å². The number of ether oxygens (including phenoxy) is 1. The van der Waals surface area contributed by atoms with Crippen LogP contribution in [0, 0.1) is 6.92 Å². The molecule has 0 unspecified atom stereocenters. The van der Waals surface area contributed by atoms with Gasteiger partial charge in [0.05, 0.1) is 20.0 Å². The minimum Gasteiger partial charge on any atom is -0.453 e. The number of aryl methyl sites for hydroxylation is 1. The minimum atomic E-state index is -0.321. The number of benzene rings is 1. The molecule has 146 valence electrons. The fourth-order valence-electron chi connectivity index (χ4n) is 3.01. The minimum absolute atomic E-state index is 0.0614. The monoisotopic (exact) mass is 372 g/mol. The standard InChI is InChI=1S/C20H28N4O3/c1-5-23(15-21-14-17-8-6-16(2)7-9-17)19(25)22(3)18-10-12-24(13-11-18)20(26)27-4/h5-9,15,18H,1,10-14H2,2-4H3. The predicted octanol–water partition coefficient (Wildman–Crippen LogP) is 3.25. The number of piperidine rings is 1. The molecule has 1 aromatic carbocycles. The summed E-state index contributed by atoms with van der Waals surface area (Å²) in [7, 11) is 3.15. The summed E-state index contributed by atoms with van der Waals surface area (Å²) in [4.78, 5) is 33.4. The van der Waals surface area contributed by atoms with Crippen molar-refractivity contribution in [3.05, 3.63) is 48.2 Å². The molecule has 0 N–H and O–H groups in total. The van der Waals surface area contributed by atoms with Crippen LogP contribution in [-0.4, -0.2) is 66.5 Å². The highest BCUT2D eigenvalue weighted by Crippen LogP contribution is 2.17. The molecule has 1 heterocycles. The van der Waals surface area contributed by atoms with E-state index in [1.54, 1.807) is 16.8 Å². The van der Waals surface area contributed by atoms with E-state index < -0.39 is 0 Å². The summed E-state index contributed by atoms with van der Waals surface area (Å²) in [5, 5.41) is 0. The highest BCUT2D eigenvalue weighted by atomic mass is 16.5. The Morgan fingerprint density at radius 3 is 2.48 bits per heavy atom. The van der Waals surface area contributed by atoms with Gasteiger partial charge in [0.1, 0.15) is 0 Å². The number of urea groups is 1. The number of aliphatic imine (C=N–C) groups is 1. The Balaban J connectivity index is 1.89. The third kappa shape index (κ3) is 5.57. The molecular weight excluding hydrogens is 344 g/mol. The van der Waals surface area contributed by atoms with Crippen LogP contribution in [0.5, 0.6) is 0 Å². The van der Waals surface area contributed by atoms with Gasteiger partial charge in [0.25, 0.3) is 0 Å². The number of carbonyl (C=O) groups is 2. The van der Waals surface area contributed by atoms with Gasteiger partial charge in [-0.25, -0.2) is 9.59 Å². The highest BCUT2D eigenvalue weighted by molar-refractivity contribution is 5.87. The first-order chi connectivity index (χ1) is 13.0. The normalized spacial score (nSPS) is 14.9. The summed E-state index contributed by atoms with van der Waals surface area (Å²) in [5.74, 6) is 0. The second kappa shape index (κ2) is 9.75. The van der Waals surface area contributed by atoms with Gasteiger partial charge in [0.2, 0.25) is 0 Å². The lowest BCUT2D eigenvalue weighted by atomic mass is 10.0. The number of rotatable bonds is 5. The Hall–Kier alpha value is -2.83. The topological polar surface area (TPSA) is 65.5 Å². The van der Waals surface area contributed by atoms with Gasteiger partial charge in [0, 0.05) is 32.4 Å². The van der Waals surface area contributed by atoms with E-state index in [2.05, 4.69) is 11.6 Å². The van der Waals surface area contributed by atoms with Crippen LogP contribution in [-0.2, 0) is 11.3 Å². The molecule has 1 aliphatic rings. The molecule has 2 rings (SSSR count). The number of carbonyl (C=O) groups excluding carboxylic acids is 2. The molecule has 0 saturated carbocycles. The third-order valence-corrected chi connectivity index (χ3v) is 4.76. The molecule has 7 heteroatoms. The van der Waals surface area contributed by atoms with Gasteiger partial charge in [-0.2, -0.15) is 0 Å². The molecule has 0 aromatic heterocycles. The van der Waals surface area contributed by atoms with Crippen molar-refractivity contribution in [1.29, 1.82) is 0 Å². The second-order valence-electron chi connectivity index (χ2n) is 6.61. The zero-order valence-corrected chi connectivity index (χ0v) is 16.3. The zero-order valence-electron chi connectivity index (χ0n) is 16.3. The van der Waals surface area contributed by atoms with E-state index in [0.29, 0.717) is 32.5 Å². The van der Waals surface area contributed by atoms with Crippen LogP contribution in [0.25, 0.3) is 0 Å². The Morgan fingerprint density at radius 2 is 1.93 bits per heavy atom. The molecule has 0 spiro atoms. The first-order valence-electron chi connectivity index (χ1n) is 9.02. The number of amides is 3. The van der Waals surface area contributed by atoms with Crippen molar-refractivity contribution < 1.29 is 14.3 Å². The van der Waals surface area contributed by atoms with Gasteiger partial charge >= 0.3 is 12.1 Å². The van der Waals surface area contributed by atoms with Crippen LogP contribution in [0.2, 0.25) is 0 Å². The molecule has 0 bridgehead atoms. The number of nitrogens with zero attached hydrogens (tertiary/aromatic N) is 4. The molecule has 27 heavy (non-hydrogen) atoms. The van der Waals surface area contributed by atoms with E-state index in [1.807, 2.05) is 31.2 Å². The molecule has 7 nitrogen and oxygen atoms in total. The van der Waals surface area contributed by atoms with Gasteiger partial charge in [-0.05, 0) is 25.3 Å². The van der Waals surface area contributed by atoms with Gasteiger partial charge in [-0.3, -0.25) is 9.89 Å². The van der Waals surface area contributed by atoms with Gasteiger partial charge in [-0.1, -0.05) is 36.4 Å². The quantitative estimate of drug-likeness (QED) is 0.589. The molecular formula is C20H28N4O3. The van der Waals surface area contributed by atoms with Crippen molar-refractivity contribution in [3.63, 3.8) is 0 Å². The zero-order chi connectivity index (χ0) is 19.8. The average molecular weight is 372 g/mol. The van der Waals surface area contributed by atoms with Crippen LogP contribution in [0.3, 0.4) is 0 Å². The van der Waals surface area contributed by atoms with Crippen molar-refractivity contribution in [1.82, 2.24) is 14.7 Å². The largest absolute Gasteiger partial charge is 0.453 e. The summed E-state index contributed by atoms with van der Waals surface area (Å²) in [6.45, 7) is 7.40. The third-order valence-electron chi connectivity index (χ3n) is 4.76. The molecule has 0 aliphatic carbocycles. The van der Waals surface area contributed by atoms with Crippen LogP contribution >= 0.6 is 0 Å². The molecule has 1 aliphatic heterocycles. The maximum atomic E-state index is 12.7. The van der Waals surface area contributed by atoms with E-state index in [0.717, 1.165) is 5.56 Å². The fourth-order valence-corrected chi connectivity index (χ4v) is 3.01. The highest BCUT2D eigenvalue weighted by Gasteiger charge is 2.29. The number of methoxy groups -OCH3 is 1. The Labute approximate surface area is 160 Å². The van der Waals surface area contributed by atoms with Crippen molar-refractivity contribution in [3.8, 4) is 0 Å². The average Bonchev–Trinajstić information content (AvgIpc) is 2.71. The van der Waals surface area contributed by atoms with Crippen LogP contribution < -0.4 is 0 Å². The van der Waals surface area contributed by atoms with Crippen molar-refractivity contribution in [2.75, 3.05) is 27.2 Å². The lowest BCUT2D eigenvalue weighted by molar-refractivity contribution is 0.0954. The number of hydrogen-bond acceptors (Lipinski definition) is 4. The van der Waals surface area contributed by atoms with Crippen molar-refractivity contribution >= 4 is 18.5 Å². The van der Waals surface area contributed by atoms with Crippen LogP contribution in [0.4, 0.5) is 9.59 Å². The Bertz CT molecular complexity index is 679. The lowest BCUT2D eigenvalue weighted by Crippen LogP contribution is -2.49. The van der Waals surface area contributed by atoms with Gasteiger partial charge in [0.15, 0.2) is 0 Å². The molecule has 0 atom stereocenters. The van der Waals surface area contributed by atoms with Crippen LogP contribution in [0.1, 0.15) is 24.0 Å². The second-order valence-corrected chi connectivity index (χ2v) is 6.61. The number of likely N-dealkylation sites (tertiary alicyclic amines) is 1. The van der Waals surface area contributed by atoms with E-state index >= 15 is 0 Å². The summed E-state index contributed by atoms with van der Waals surface area (Å²) in [6.07, 6.45) is 4.07. The smallest absolute Gasteiger partial charge is 0.409 e. The predicted molar refractivity (Wildman–Crippen MR) is 106 cm³/mol. The van der Waals surface area contributed by atoms with E-state index in [9.17, 15) is 9.59 Å².